The molecule has 1 aliphatic heterocycles. The number of aryl methyl sites for hydroxylation is 2. The van der Waals surface area contributed by atoms with Gasteiger partial charge in [-0.2, -0.15) is 4.31 Å². The first kappa shape index (κ1) is 16.9. The molecule has 1 fully saturated rings. The van der Waals surface area contributed by atoms with Crippen LogP contribution in [0.4, 0.5) is 0 Å². The van der Waals surface area contributed by atoms with Crippen LogP contribution in [0.3, 0.4) is 0 Å². The lowest BCUT2D eigenvalue weighted by Gasteiger charge is -2.17. The van der Waals surface area contributed by atoms with E-state index in [1.807, 2.05) is 50.2 Å². The molecule has 0 radical (unpaired) electrons. The van der Waals surface area contributed by atoms with Crippen LogP contribution >= 0.6 is 0 Å². The van der Waals surface area contributed by atoms with Crippen molar-refractivity contribution in [1.82, 2.24) is 9.29 Å². The van der Waals surface area contributed by atoms with E-state index in [1.165, 1.54) is 4.31 Å². The first-order chi connectivity index (χ1) is 11.4. The maximum atomic E-state index is 12.6. The minimum Gasteiger partial charge on any atom is -0.473 e. The van der Waals surface area contributed by atoms with Gasteiger partial charge in [0.1, 0.15) is 6.10 Å². The van der Waals surface area contributed by atoms with Crippen molar-refractivity contribution in [1.29, 1.82) is 0 Å². The van der Waals surface area contributed by atoms with E-state index in [4.69, 9.17) is 4.74 Å². The molecule has 1 atom stereocenters. The Labute approximate surface area is 143 Å². The van der Waals surface area contributed by atoms with Crippen LogP contribution in [0, 0.1) is 13.8 Å². The second kappa shape index (κ2) is 6.91. The van der Waals surface area contributed by atoms with Crippen molar-refractivity contribution < 1.29 is 13.2 Å². The number of hydrogen-bond acceptors (Lipinski definition) is 4. The number of ether oxygens (including phenoxy) is 1. The summed E-state index contributed by atoms with van der Waals surface area (Å²) in [6.07, 6.45) is 0.537. The fraction of sp³-hybridized carbons (Fsp3) is 0.389. The van der Waals surface area contributed by atoms with E-state index in [-0.39, 0.29) is 11.9 Å². The van der Waals surface area contributed by atoms with Crippen molar-refractivity contribution in [2.24, 2.45) is 0 Å². The normalized spacial score (nSPS) is 18.7. The molecule has 6 heteroatoms. The predicted molar refractivity (Wildman–Crippen MR) is 93.4 cm³/mol. The molecule has 1 aromatic carbocycles. The van der Waals surface area contributed by atoms with Crippen molar-refractivity contribution in [3.8, 4) is 5.88 Å². The van der Waals surface area contributed by atoms with Crippen LogP contribution < -0.4 is 4.74 Å². The summed E-state index contributed by atoms with van der Waals surface area (Å²) in [4.78, 5) is 4.31. The molecule has 2 heterocycles. The Morgan fingerprint density at radius 3 is 2.62 bits per heavy atom. The molecular weight excluding hydrogens is 324 g/mol. The predicted octanol–water partition coefficient (Wildman–Crippen LogP) is 2.68. The van der Waals surface area contributed by atoms with E-state index >= 15 is 0 Å². The van der Waals surface area contributed by atoms with Gasteiger partial charge in [0, 0.05) is 18.3 Å². The Balaban J connectivity index is 1.62. The van der Waals surface area contributed by atoms with Gasteiger partial charge < -0.3 is 4.74 Å². The van der Waals surface area contributed by atoms with Crippen LogP contribution in [0.25, 0.3) is 0 Å². The molecule has 1 unspecified atom stereocenters. The van der Waals surface area contributed by atoms with Gasteiger partial charge in [-0.05, 0) is 31.9 Å². The van der Waals surface area contributed by atoms with Crippen LogP contribution in [0.15, 0.2) is 42.5 Å². The summed E-state index contributed by atoms with van der Waals surface area (Å²) in [5.74, 6) is 0.584. The Morgan fingerprint density at radius 2 is 1.92 bits per heavy atom. The van der Waals surface area contributed by atoms with E-state index in [0.29, 0.717) is 25.4 Å². The second-order valence-electron chi connectivity index (χ2n) is 6.25. The van der Waals surface area contributed by atoms with E-state index in [0.717, 1.165) is 16.8 Å². The van der Waals surface area contributed by atoms with Crippen LogP contribution in [0.5, 0.6) is 5.88 Å². The third kappa shape index (κ3) is 4.13. The van der Waals surface area contributed by atoms with Crippen LogP contribution in [-0.4, -0.2) is 36.9 Å². The second-order valence-corrected chi connectivity index (χ2v) is 8.21. The van der Waals surface area contributed by atoms with Gasteiger partial charge in [0.05, 0.1) is 12.3 Å². The molecule has 0 saturated carbocycles. The van der Waals surface area contributed by atoms with Gasteiger partial charge in [-0.15, -0.1) is 0 Å². The number of nitrogens with zero attached hydrogens (tertiary/aromatic N) is 2. The molecule has 0 bridgehead atoms. The SMILES string of the molecule is Cc1ccc(CS(=O)(=O)N2CCC(Oc3cccc(C)n3)C2)cc1. The Morgan fingerprint density at radius 1 is 1.17 bits per heavy atom. The highest BCUT2D eigenvalue weighted by atomic mass is 32.2. The van der Waals surface area contributed by atoms with Gasteiger partial charge in [0.15, 0.2) is 0 Å². The molecule has 128 valence electrons. The maximum Gasteiger partial charge on any atom is 0.218 e. The molecular formula is C18H22N2O3S. The highest BCUT2D eigenvalue weighted by Crippen LogP contribution is 2.21. The summed E-state index contributed by atoms with van der Waals surface area (Å²) in [5, 5.41) is 0. The van der Waals surface area contributed by atoms with E-state index in [9.17, 15) is 8.42 Å². The maximum absolute atomic E-state index is 12.6. The zero-order chi connectivity index (χ0) is 17.2. The minimum absolute atomic E-state index is 0.0305. The van der Waals surface area contributed by atoms with E-state index in [2.05, 4.69) is 4.98 Å². The first-order valence-electron chi connectivity index (χ1n) is 8.06. The topological polar surface area (TPSA) is 59.5 Å². The van der Waals surface area contributed by atoms with Gasteiger partial charge in [-0.3, -0.25) is 0 Å². The van der Waals surface area contributed by atoms with Gasteiger partial charge >= 0.3 is 0 Å². The zero-order valence-corrected chi connectivity index (χ0v) is 14.8. The summed E-state index contributed by atoms with van der Waals surface area (Å²) in [6.45, 7) is 4.76. The molecule has 24 heavy (non-hydrogen) atoms. The fourth-order valence-corrected chi connectivity index (χ4v) is 4.36. The molecule has 0 spiro atoms. The lowest BCUT2D eigenvalue weighted by molar-refractivity contribution is 0.206. The third-order valence-electron chi connectivity index (χ3n) is 4.12. The zero-order valence-electron chi connectivity index (χ0n) is 14.0. The van der Waals surface area contributed by atoms with Crippen molar-refractivity contribution in [3.05, 3.63) is 59.3 Å². The number of hydrogen-bond donors (Lipinski definition) is 0. The summed E-state index contributed by atoms with van der Waals surface area (Å²) < 4.78 is 32.5. The lowest BCUT2D eigenvalue weighted by atomic mass is 10.2. The number of pyridine rings is 1. The average molecular weight is 346 g/mol. The Kier molecular flexibility index (Phi) is 4.87. The Bertz CT molecular complexity index is 803. The van der Waals surface area contributed by atoms with Crippen molar-refractivity contribution in [2.75, 3.05) is 13.1 Å². The monoisotopic (exact) mass is 346 g/mol. The standard InChI is InChI=1S/C18H22N2O3S/c1-14-6-8-16(9-7-14)13-24(21,22)20-11-10-17(12-20)23-18-5-3-4-15(2)19-18/h3-9,17H,10-13H2,1-2H3. The van der Waals surface area contributed by atoms with Crippen LogP contribution in [0.1, 0.15) is 23.2 Å². The first-order valence-corrected chi connectivity index (χ1v) is 9.67. The fourth-order valence-electron chi connectivity index (χ4n) is 2.79. The molecule has 1 aliphatic rings. The molecule has 0 N–H and O–H groups in total. The van der Waals surface area contributed by atoms with Crippen molar-refractivity contribution in [3.63, 3.8) is 0 Å². The third-order valence-corrected chi connectivity index (χ3v) is 5.94. The largest absolute Gasteiger partial charge is 0.473 e. The van der Waals surface area contributed by atoms with Crippen molar-refractivity contribution in [2.45, 2.75) is 32.1 Å². The quantitative estimate of drug-likeness (QED) is 0.835. The molecule has 1 aromatic heterocycles. The van der Waals surface area contributed by atoms with Gasteiger partial charge in [-0.25, -0.2) is 13.4 Å². The highest BCUT2D eigenvalue weighted by Gasteiger charge is 2.32. The number of aromatic nitrogens is 1. The van der Waals surface area contributed by atoms with E-state index < -0.39 is 10.0 Å². The molecule has 0 amide bonds. The minimum atomic E-state index is -3.33. The highest BCUT2D eigenvalue weighted by molar-refractivity contribution is 7.88. The molecule has 0 aliphatic carbocycles. The number of sulfonamides is 1. The van der Waals surface area contributed by atoms with Gasteiger partial charge in [-0.1, -0.05) is 35.9 Å². The van der Waals surface area contributed by atoms with Crippen molar-refractivity contribution >= 4 is 10.0 Å². The molecule has 3 rings (SSSR count). The number of rotatable bonds is 5. The molecule has 1 saturated heterocycles. The van der Waals surface area contributed by atoms with Crippen LogP contribution in [-0.2, 0) is 15.8 Å². The van der Waals surface area contributed by atoms with Gasteiger partial charge in [0.2, 0.25) is 15.9 Å². The van der Waals surface area contributed by atoms with Gasteiger partial charge in [0.25, 0.3) is 0 Å². The van der Waals surface area contributed by atoms with Crippen LogP contribution in [0.2, 0.25) is 0 Å². The summed E-state index contributed by atoms with van der Waals surface area (Å²) in [7, 11) is -3.33. The average Bonchev–Trinajstić information content (AvgIpc) is 2.99. The summed E-state index contributed by atoms with van der Waals surface area (Å²) >= 11 is 0. The summed E-state index contributed by atoms with van der Waals surface area (Å²) in [6, 6.07) is 13.2. The smallest absolute Gasteiger partial charge is 0.218 e. The molecule has 2 aromatic rings. The molecule has 5 nitrogen and oxygen atoms in total. The lowest BCUT2D eigenvalue weighted by Crippen LogP contribution is -2.32. The van der Waals surface area contributed by atoms with E-state index in [1.54, 1.807) is 6.07 Å². The Hall–Kier alpha value is -1.92. The summed E-state index contributed by atoms with van der Waals surface area (Å²) in [5.41, 5.74) is 2.82. The number of benzene rings is 1.